The molecule has 14 heavy (non-hydrogen) atoms. The van der Waals surface area contributed by atoms with Crippen molar-refractivity contribution in [1.29, 1.82) is 0 Å². The number of aromatic hydroxyl groups is 2. The van der Waals surface area contributed by atoms with Gasteiger partial charge in [0.15, 0.2) is 11.5 Å². The zero-order chi connectivity index (χ0) is 10.6. The summed E-state index contributed by atoms with van der Waals surface area (Å²) < 4.78 is 0. The summed E-state index contributed by atoms with van der Waals surface area (Å²) in [7, 11) is 0. The zero-order valence-electron chi connectivity index (χ0n) is 8.88. The summed E-state index contributed by atoms with van der Waals surface area (Å²) in [5.74, 6) is -0.0124. The Morgan fingerprint density at radius 1 is 0.857 bits per heavy atom. The minimum absolute atomic E-state index is 0.00620. The van der Waals surface area contributed by atoms with Crippen LogP contribution in [-0.2, 0) is 12.8 Å². The molecule has 0 spiro atoms. The first-order valence-corrected chi connectivity index (χ1v) is 5.22. The summed E-state index contributed by atoms with van der Waals surface area (Å²) in [6.07, 6.45) is 4.04. The van der Waals surface area contributed by atoms with Gasteiger partial charge in [-0.15, -0.1) is 0 Å². The van der Waals surface area contributed by atoms with Crippen LogP contribution in [0.25, 0.3) is 0 Å². The Balaban J connectivity index is 3.03. The van der Waals surface area contributed by atoms with E-state index in [2.05, 4.69) is 13.8 Å². The van der Waals surface area contributed by atoms with Crippen molar-refractivity contribution >= 4 is 0 Å². The minimum atomic E-state index is -0.00620. The van der Waals surface area contributed by atoms with E-state index in [-0.39, 0.29) is 11.5 Å². The summed E-state index contributed by atoms with van der Waals surface area (Å²) in [5.41, 5.74) is 2.31. The van der Waals surface area contributed by atoms with Gasteiger partial charge in [-0.3, -0.25) is 0 Å². The van der Waals surface area contributed by atoms with E-state index in [0.29, 0.717) is 0 Å². The van der Waals surface area contributed by atoms with Crippen molar-refractivity contribution in [3.8, 4) is 11.5 Å². The molecule has 78 valence electrons. The molecular weight excluding hydrogens is 176 g/mol. The SMILES string of the molecule is CCCc1cc(O)c(O)cc1CCC. The van der Waals surface area contributed by atoms with Crippen molar-refractivity contribution < 1.29 is 10.2 Å². The van der Waals surface area contributed by atoms with Gasteiger partial charge in [-0.05, 0) is 36.1 Å². The van der Waals surface area contributed by atoms with Gasteiger partial charge in [0.1, 0.15) is 0 Å². The quantitative estimate of drug-likeness (QED) is 0.723. The molecule has 0 unspecified atom stereocenters. The lowest BCUT2D eigenvalue weighted by molar-refractivity contribution is 0.402. The Hall–Kier alpha value is -1.18. The average Bonchev–Trinajstić information content (AvgIpc) is 2.14. The van der Waals surface area contributed by atoms with Crippen LogP contribution in [0, 0.1) is 0 Å². The van der Waals surface area contributed by atoms with Crippen LogP contribution in [0.2, 0.25) is 0 Å². The first-order chi connectivity index (χ1) is 6.69. The van der Waals surface area contributed by atoms with E-state index >= 15 is 0 Å². The molecule has 0 aliphatic heterocycles. The highest BCUT2D eigenvalue weighted by molar-refractivity contribution is 5.45. The molecule has 0 saturated carbocycles. The number of aryl methyl sites for hydroxylation is 2. The van der Waals surface area contributed by atoms with Crippen LogP contribution in [0.1, 0.15) is 37.8 Å². The predicted octanol–water partition coefficient (Wildman–Crippen LogP) is 3.00. The summed E-state index contributed by atoms with van der Waals surface area (Å²) in [6, 6.07) is 3.37. The molecule has 0 aliphatic rings. The van der Waals surface area contributed by atoms with Crippen molar-refractivity contribution in [3.63, 3.8) is 0 Å². The fraction of sp³-hybridized carbons (Fsp3) is 0.500. The summed E-state index contributed by atoms with van der Waals surface area (Å²) in [5, 5.41) is 18.7. The minimum Gasteiger partial charge on any atom is -0.504 e. The van der Waals surface area contributed by atoms with E-state index in [9.17, 15) is 10.2 Å². The average molecular weight is 194 g/mol. The number of rotatable bonds is 4. The fourth-order valence-electron chi connectivity index (χ4n) is 1.67. The molecule has 0 saturated heterocycles. The molecule has 0 aliphatic carbocycles. The van der Waals surface area contributed by atoms with Gasteiger partial charge in [0, 0.05) is 0 Å². The molecule has 0 bridgehead atoms. The summed E-state index contributed by atoms with van der Waals surface area (Å²) >= 11 is 0. The van der Waals surface area contributed by atoms with Crippen LogP contribution < -0.4 is 0 Å². The van der Waals surface area contributed by atoms with Gasteiger partial charge in [-0.2, -0.15) is 0 Å². The molecule has 0 amide bonds. The Morgan fingerprint density at radius 2 is 1.21 bits per heavy atom. The third kappa shape index (κ3) is 2.41. The van der Waals surface area contributed by atoms with Crippen LogP contribution in [0.3, 0.4) is 0 Å². The lowest BCUT2D eigenvalue weighted by Crippen LogP contribution is -1.93. The molecule has 0 heterocycles. The standard InChI is InChI=1S/C12H18O2/c1-3-5-9-7-11(13)12(14)8-10(9)6-4-2/h7-8,13-14H,3-6H2,1-2H3. The highest BCUT2D eigenvalue weighted by atomic mass is 16.3. The van der Waals surface area contributed by atoms with Crippen molar-refractivity contribution in [2.75, 3.05) is 0 Å². The molecule has 2 nitrogen and oxygen atoms in total. The number of hydrogen-bond acceptors (Lipinski definition) is 2. The Bertz CT molecular complexity index is 274. The maximum Gasteiger partial charge on any atom is 0.157 e. The van der Waals surface area contributed by atoms with Crippen LogP contribution >= 0.6 is 0 Å². The van der Waals surface area contributed by atoms with E-state index in [1.54, 1.807) is 12.1 Å². The van der Waals surface area contributed by atoms with Crippen LogP contribution in [-0.4, -0.2) is 10.2 Å². The van der Waals surface area contributed by atoms with Crippen LogP contribution in [0.4, 0.5) is 0 Å². The second-order valence-corrected chi connectivity index (χ2v) is 3.61. The highest BCUT2D eigenvalue weighted by Gasteiger charge is 2.06. The lowest BCUT2D eigenvalue weighted by Gasteiger charge is -2.09. The van der Waals surface area contributed by atoms with Gasteiger partial charge in [-0.25, -0.2) is 0 Å². The smallest absolute Gasteiger partial charge is 0.157 e. The molecule has 1 aromatic rings. The number of benzene rings is 1. The summed E-state index contributed by atoms with van der Waals surface area (Å²) in [6.45, 7) is 4.22. The van der Waals surface area contributed by atoms with Gasteiger partial charge >= 0.3 is 0 Å². The van der Waals surface area contributed by atoms with Crippen molar-refractivity contribution in [3.05, 3.63) is 23.3 Å². The predicted molar refractivity (Wildman–Crippen MR) is 57.8 cm³/mol. The molecular formula is C12H18O2. The Labute approximate surface area is 85.2 Å². The van der Waals surface area contributed by atoms with Gasteiger partial charge in [0.25, 0.3) is 0 Å². The fourth-order valence-corrected chi connectivity index (χ4v) is 1.67. The maximum atomic E-state index is 9.37. The van der Waals surface area contributed by atoms with Gasteiger partial charge in [-0.1, -0.05) is 26.7 Å². The molecule has 0 atom stereocenters. The molecule has 2 N–H and O–H groups in total. The number of phenolic OH excluding ortho intramolecular Hbond substituents is 2. The second kappa shape index (κ2) is 4.89. The monoisotopic (exact) mass is 194 g/mol. The first-order valence-electron chi connectivity index (χ1n) is 5.22. The molecule has 0 aromatic heterocycles. The van der Waals surface area contributed by atoms with E-state index in [0.717, 1.165) is 36.8 Å². The van der Waals surface area contributed by atoms with Gasteiger partial charge < -0.3 is 10.2 Å². The van der Waals surface area contributed by atoms with Crippen molar-refractivity contribution in [2.45, 2.75) is 39.5 Å². The third-order valence-corrected chi connectivity index (χ3v) is 2.34. The first kappa shape index (κ1) is 10.9. The van der Waals surface area contributed by atoms with E-state index in [1.807, 2.05) is 0 Å². The Kier molecular flexibility index (Phi) is 3.81. The topological polar surface area (TPSA) is 40.5 Å². The van der Waals surface area contributed by atoms with Crippen LogP contribution in [0.15, 0.2) is 12.1 Å². The number of hydrogen-bond donors (Lipinski definition) is 2. The second-order valence-electron chi connectivity index (χ2n) is 3.61. The van der Waals surface area contributed by atoms with E-state index in [4.69, 9.17) is 0 Å². The largest absolute Gasteiger partial charge is 0.504 e. The molecule has 1 rings (SSSR count). The van der Waals surface area contributed by atoms with Crippen LogP contribution in [0.5, 0.6) is 11.5 Å². The highest BCUT2D eigenvalue weighted by Crippen LogP contribution is 2.29. The molecule has 2 heteroatoms. The lowest BCUT2D eigenvalue weighted by atomic mass is 9.99. The third-order valence-electron chi connectivity index (χ3n) is 2.34. The van der Waals surface area contributed by atoms with Crippen molar-refractivity contribution in [2.24, 2.45) is 0 Å². The molecule has 0 fully saturated rings. The molecule has 0 radical (unpaired) electrons. The van der Waals surface area contributed by atoms with Crippen molar-refractivity contribution in [1.82, 2.24) is 0 Å². The number of phenols is 2. The normalized spacial score (nSPS) is 10.4. The maximum absolute atomic E-state index is 9.37. The zero-order valence-corrected chi connectivity index (χ0v) is 8.88. The Morgan fingerprint density at radius 3 is 1.50 bits per heavy atom. The summed E-state index contributed by atoms with van der Waals surface area (Å²) in [4.78, 5) is 0. The van der Waals surface area contributed by atoms with Gasteiger partial charge in [0.2, 0.25) is 0 Å². The molecule has 1 aromatic carbocycles. The van der Waals surface area contributed by atoms with Gasteiger partial charge in [0.05, 0.1) is 0 Å². The van der Waals surface area contributed by atoms with E-state index in [1.165, 1.54) is 0 Å². The van der Waals surface area contributed by atoms with E-state index < -0.39 is 0 Å².